The number of hydrogen-bond acceptors (Lipinski definition) is 1. The molecule has 2 aromatic carbocycles. The van der Waals surface area contributed by atoms with Gasteiger partial charge in [-0.3, -0.25) is 5.41 Å². The van der Waals surface area contributed by atoms with E-state index in [1.54, 1.807) is 0 Å². The molecule has 0 amide bonds. The van der Waals surface area contributed by atoms with Crippen LogP contribution >= 0.6 is 0 Å². The summed E-state index contributed by atoms with van der Waals surface area (Å²) in [6, 6.07) is 18.2. The van der Waals surface area contributed by atoms with Gasteiger partial charge in [0, 0.05) is 5.56 Å². The third-order valence-corrected chi connectivity index (χ3v) is 3.10. The van der Waals surface area contributed by atoms with E-state index in [9.17, 15) is 0 Å². The molecule has 0 aliphatic carbocycles. The average molecular weight is 237 g/mol. The first-order chi connectivity index (χ1) is 8.48. The summed E-state index contributed by atoms with van der Waals surface area (Å²) in [5.74, 6) is 0. The predicted molar refractivity (Wildman–Crippen MR) is 77.5 cm³/mol. The molecule has 0 spiro atoms. The summed E-state index contributed by atoms with van der Waals surface area (Å²) in [6.07, 6.45) is 0. The molecular weight excluding hydrogens is 218 g/mol. The molecule has 1 nitrogen and oxygen atoms in total. The number of rotatable bonds is 2. The molecule has 0 aliphatic heterocycles. The third-order valence-electron chi connectivity index (χ3n) is 3.10. The smallest absolute Gasteiger partial charge is 0.0684 e. The Hall–Kier alpha value is -1.89. The van der Waals surface area contributed by atoms with E-state index < -0.39 is 0 Å². The van der Waals surface area contributed by atoms with Crippen LogP contribution in [0.1, 0.15) is 37.5 Å². The van der Waals surface area contributed by atoms with Crippen LogP contribution < -0.4 is 0 Å². The van der Waals surface area contributed by atoms with Gasteiger partial charge in [0.25, 0.3) is 0 Å². The first kappa shape index (κ1) is 12.6. The summed E-state index contributed by atoms with van der Waals surface area (Å²) >= 11 is 0. The summed E-state index contributed by atoms with van der Waals surface area (Å²) in [4.78, 5) is 0. The Labute approximate surface area is 109 Å². The predicted octanol–water partition coefficient (Wildman–Crippen LogP) is 4.40. The van der Waals surface area contributed by atoms with Crippen LogP contribution in [-0.2, 0) is 5.41 Å². The SMILES string of the molecule is CC(C)(C)c1ccc(C(=N)c2ccccc2)cc1. The fourth-order valence-electron chi connectivity index (χ4n) is 1.91. The van der Waals surface area contributed by atoms with Crippen LogP contribution in [0.4, 0.5) is 0 Å². The molecule has 0 saturated heterocycles. The molecular formula is C17H19N. The molecule has 0 fully saturated rings. The zero-order valence-electron chi connectivity index (χ0n) is 11.2. The van der Waals surface area contributed by atoms with Crippen LogP contribution in [0.3, 0.4) is 0 Å². The Balaban J connectivity index is 2.28. The van der Waals surface area contributed by atoms with Crippen LogP contribution in [-0.4, -0.2) is 5.71 Å². The van der Waals surface area contributed by atoms with Crippen molar-refractivity contribution in [3.63, 3.8) is 0 Å². The van der Waals surface area contributed by atoms with E-state index in [1.807, 2.05) is 42.5 Å². The lowest BCUT2D eigenvalue weighted by molar-refractivity contribution is 0.590. The van der Waals surface area contributed by atoms with Crippen molar-refractivity contribution in [1.82, 2.24) is 0 Å². The number of nitrogens with one attached hydrogen (secondary N) is 1. The van der Waals surface area contributed by atoms with Gasteiger partial charge in [0.1, 0.15) is 0 Å². The molecule has 18 heavy (non-hydrogen) atoms. The van der Waals surface area contributed by atoms with E-state index in [0.29, 0.717) is 5.71 Å². The van der Waals surface area contributed by atoms with E-state index in [1.165, 1.54) is 5.56 Å². The van der Waals surface area contributed by atoms with Crippen molar-refractivity contribution in [2.75, 3.05) is 0 Å². The van der Waals surface area contributed by atoms with Crippen molar-refractivity contribution in [2.24, 2.45) is 0 Å². The molecule has 0 unspecified atom stereocenters. The Bertz CT molecular complexity index is 530. The molecule has 2 rings (SSSR count). The first-order valence-electron chi connectivity index (χ1n) is 6.23. The van der Waals surface area contributed by atoms with E-state index in [2.05, 4.69) is 32.9 Å². The maximum absolute atomic E-state index is 8.20. The summed E-state index contributed by atoms with van der Waals surface area (Å²) in [5.41, 5.74) is 3.96. The van der Waals surface area contributed by atoms with E-state index >= 15 is 0 Å². The molecule has 0 aromatic heterocycles. The standard InChI is InChI=1S/C17H19N/c1-17(2,3)15-11-9-14(10-12-15)16(18)13-7-5-4-6-8-13/h4-12,18H,1-3H3. The Morgan fingerprint density at radius 1 is 0.778 bits per heavy atom. The lowest BCUT2D eigenvalue weighted by Gasteiger charge is -2.19. The molecule has 1 N–H and O–H groups in total. The lowest BCUT2D eigenvalue weighted by Crippen LogP contribution is -2.11. The van der Waals surface area contributed by atoms with Crippen molar-refractivity contribution >= 4 is 5.71 Å². The normalized spacial score (nSPS) is 11.3. The molecule has 0 heterocycles. The van der Waals surface area contributed by atoms with Crippen LogP contribution in [0.5, 0.6) is 0 Å². The van der Waals surface area contributed by atoms with Gasteiger partial charge in [0.05, 0.1) is 5.71 Å². The average Bonchev–Trinajstić information content (AvgIpc) is 2.38. The van der Waals surface area contributed by atoms with Gasteiger partial charge in [-0.2, -0.15) is 0 Å². The Kier molecular flexibility index (Phi) is 3.33. The Morgan fingerprint density at radius 3 is 1.78 bits per heavy atom. The molecule has 0 aliphatic rings. The topological polar surface area (TPSA) is 23.9 Å². The quantitative estimate of drug-likeness (QED) is 0.749. The van der Waals surface area contributed by atoms with Gasteiger partial charge in [-0.15, -0.1) is 0 Å². The van der Waals surface area contributed by atoms with E-state index in [4.69, 9.17) is 5.41 Å². The van der Waals surface area contributed by atoms with Gasteiger partial charge in [0.2, 0.25) is 0 Å². The van der Waals surface area contributed by atoms with Crippen LogP contribution in [0.25, 0.3) is 0 Å². The summed E-state index contributed by atoms with van der Waals surface area (Å²) in [7, 11) is 0. The summed E-state index contributed by atoms with van der Waals surface area (Å²) in [5, 5.41) is 8.20. The highest BCUT2D eigenvalue weighted by Crippen LogP contribution is 2.22. The van der Waals surface area contributed by atoms with Gasteiger partial charge in [0.15, 0.2) is 0 Å². The second-order valence-electron chi connectivity index (χ2n) is 5.57. The van der Waals surface area contributed by atoms with Gasteiger partial charge in [-0.05, 0) is 16.5 Å². The van der Waals surface area contributed by atoms with Gasteiger partial charge in [-0.1, -0.05) is 75.4 Å². The van der Waals surface area contributed by atoms with Crippen LogP contribution in [0, 0.1) is 5.41 Å². The minimum atomic E-state index is 0.160. The maximum atomic E-state index is 8.20. The molecule has 2 aromatic rings. The number of benzene rings is 2. The number of hydrogen-bond donors (Lipinski definition) is 1. The zero-order chi connectivity index (χ0) is 13.2. The molecule has 0 saturated carbocycles. The van der Waals surface area contributed by atoms with Crippen molar-refractivity contribution in [2.45, 2.75) is 26.2 Å². The van der Waals surface area contributed by atoms with Crippen LogP contribution in [0.2, 0.25) is 0 Å². The van der Waals surface area contributed by atoms with Gasteiger partial charge < -0.3 is 0 Å². The van der Waals surface area contributed by atoms with E-state index in [-0.39, 0.29) is 5.41 Å². The highest BCUT2D eigenvalue weighted by atomic mass is 14.4. The van der Waals surface area contributed by atoms with Gasteiger partial charge in [-0.25, -0.2) is 0 Å². The largest absolute Gasteiger partial charge is 0.300 e. The zero-order valence-corrected chi connectivity index (χ0v) is 11.2. The minimum Gasteiger partial charge on any atom is -0.300 e. The molecule has 1 heteroatoms. The van der Waals surface area contributed by atoms with Gasteiger partial charge >= 0.3 is 0 Å². The molecule has 0 radical (unpaired) electrons. The highest BCUT2D eigenvalue weighted by Gasteiger charge is 2.13. The lowest BCUT2D eigenvalue weighted by atomic mass is 9.86. The molecule has 0 atom stereocenters. The Morgan fingerprint density at radius 2 is 1.28 bits per heavy atom. The fraction of sp³-hybridized carbons (Fsp3) is 0.235. The third kappa shape index (κ3) is 2.67. The first-order valence-corrected chi connectivity index (χ1v) is 6.23. The molecule has 92 valence electrons. The van der Waals surface area contributed by atoms with E-state index in [0.717, 1.165) is 11.1 Å². The highest BCUT2D eigenvalue weighted by molar-refractivity contribution is 6.10. The fourth-order valence-corrected chi connectivity index (χ4v) is 1.91. The monoisotopic (exact) mass is 237 g/mol. The van der Waals surface area contributed by atoms with Crippen molar-refractivity contribution in [1.29, 1.82) is 5.41 Å². The van der Waals surface area contributed by atoms with Crippen LogP contribution in [0.15, 0.2) is 54.6 Å². The molecule has 0 bridgehead atoms. The second-order valence-corrected chi connectivity index (χ2v) is 5.57. The van der Waals surface area contributed by atoms with Crippen molar-refractivity contribution in [3.8, 4) is 0 Å². The summed E-state index contributed by atoms with van der Waals surface area (Å²) < 4.78 is 0. The minimum absolute atomic E-state index is 0.160. The summed E-state index contributed by atoms with van der Waals surface area (Å²) in [6.45, 7) is 6.60. The second kappa shape index (κ2) is 4.77. The van der Waals surface area contributed by atoms with Crippen molar-refractivity contribution in [3.05, 3.63) is 71.3 Å². The maximum Gasteiger partial charge on any atom is 0.0684 e. The van der Waals surface area contributed by atoms with Crippen molar-refractivity contribution < 1.29 is 0 Å².